The van der Waals surface area contributed by atoms with Gasteiger partial charge >= 0.3 is 5.97 Å². The molecule has 0 atom stereocenters. The second-order valence-corrected chi connectivity index (χ2v) is 5.70. The van der Waals surface area contributed by atoms with Crippen LogP contribution in [0.15, 0.2) is 42.5 Å². The molecule has 3 rings (SSSR count). The van der Waals surface area contributed by atoms with E-state index in [9.17, 15) is 9.18 Å². The minimum Gasteiger partial charge on any atom is -0.462 e. The maximum Gasteiger partial charge on any atom is 0.338 e. The number of rotatable bonds is 3. The fourth-order valence-electron chi connectivity index (χ4n) is 2.63. The van der Waals surface area contributed by atoms with Crippen molar-refractivity contribution in [3.63, 3.8) is 0 Å². The van der Waals surface area contributed by atoms with Crippen LogP contribution in [0.3, 0.4) is 0 Å². The highest BCUT2D eigenvalue weighted by atomic mass is 35.5. The normalized spacial score (nSPS) is 10.8. The van der Waals surface area contributed by atoms with Gasteiger partial charge in [0.25, 0.3) is 0 Å². The zero-order valence-electron chi connectivity index (χ0n) is 13.3. The maximum absolute atomic E-state index is 14.3. The van der Waals surface area contributed by atoms with Crippen LogP contribution in [0.5, 0.6) is 0 Å². The van der Waals surface area contributed by atoms with Gasteiger partial charge in [-0.05, 0) is 38.1 Å². The minimum atomic E-state index is -0.435. The van der Waals surface area contributed by atoms with E-state index in [1.54, 1.807) is 50.2 Å². The molecular formula is C19H15ClFNO2. The Kier molecular flexibility index (Phi) is 4.49. The van der Waals surface area contributed by atoms with Crippen LogP contribution in [-0.4, -0.2) is 17.6 Å². The van der Waals surface area contributed by atoms with E-state index in [-0.39, 0.29) is 12.4 Å². The Bertz CT molecular complexity index is 940. The van der Waals surface area contributed by atoms with Crippen LogP contribution in [-0.2, 0) is 4.74 Å². The third kappa shape index (κ3) is 2.85. The van der Waals surface area contributed by atoms with Gasteiger partial charge in [-0.1, -0.05) is 29.8 Å². The molecule has 122 valence electrons. The molecule has 3 nitrogen and oxygen atoms in total. The highest BCUT2D eigenvalue weighted by molar-refractivity contribution is 6.35. The SMILES string of the molecule is CCOC(=O)c1ccc2nc(C)c(Cl)c(-c3ccccc3F)c2c1. The summed E-state index contributed by atoms with van der Waals surface area (Å²) in [7, 11) is 0. The number of carbonyl (C=O) groups excluding carboxylic acids is 1. The van der Waals surface area contributed by atoms with Crippen molar-refractivity contribution >= 4 is 28.5 Å². The number of aryl methyl sites for hydroxylation is 1. The molecule has 1 heterocycles. The van der Waals surface area contributed by atoms with Gasteiger partial charge in [-0.2, -0.15) is 0 Å². The standard InChI is InChI=1S/C19H15ClFNO2/c1-3-24-19(23)12-8-9-16-14(10-12)17(18(20)11(2)22-16)13-6-4-5-7-15(13)21/h4-10H,3H2,1-2H3. The number of halogens is 2. The van der Waals surface area contributed by atoms with Crippen molar-refractivity contribution in [1.29, 1.82) is 0 Å². The summed E-state index contributed by atoms with van der Waals surface area (Å²) in [6, 6.07) is 11.4. The Hall–Kier alpha value is -2.46. The molecule has 0 saturated heterocycles. The second kappa shape index (κ2) is 6.57. The summed E-state index contributed by atoms with van der Waals surface area (Å²) in [5.41, 5.74) is 2.53. The van der Waals surface area contributed by atoms with Crippen molar-refractivity contribution in [2.24, 2.45) is 0 Å². The van der Waals surface area contributed by atoms with Crippen LogP contribution < -0.4 is 0 Å². The molecular weight excluding hydrogens is 329 g/mol. The van der Waals surface area contributed by atoms with E-state index in [1.807, 2.05) is 0 Å². The van der Waals surface area contributed by atoms with Crippen molar-refractivity contribution in [1.82, 2.24) is 4.98 Å². The lowest BCUT2D eigenvalue weighted by atomic mass is 9.98. The average molecular weight is 344 g/mol. The molecule has 0 spiro atoms. The van der Waals surface area contributed by atoms with E-state index in [1.165, 1.54) is 6.07 Å². The van der Waals surface area contributed by atoms with E-state index in [0.717, 1.165) is 0 Å². The van der Waals surface area contributed by atoms with E-state index in [0.29, 0.717) is 38.3 Å². The van der Waals surface area contributed by atoms with Gasteiger partial charge in [-0.3, -0.25) is 4.98 Å². The highest BCUT2D eigenvalue weighted by Crippen LogP contribution is 2.37. The summed E-state index contributed by atoms with van der Waals surface area (Å²) in [5.74, 6) is -0.816. The molecule has 0 saturated carbocycles. The highest BCUT2D eigenvalue weighted by Gasteiger charge is 2.17. The van der Waals surface area contributed by atoms with Crippen LogP contribution in [0.25, 0.3) is 22.0 Å². The zero-order valence-corrected chi connectivity index (χ0v) is 14.0. The molecule has 0 aliphatic heterocycles. The number of aromatic nitrogens is 1. The Morgan fingerprint density at radius 1 is 1.25 bits per heavy atom. The molecule has 5 heteroatoms. The van der Waals surface area contributed by atoms with Crippen LogP contribution in [0.4, 0.5) is 4.39 Å². The molecule has 0 fully saturated rings. The van der Waals surface area contributed by atoms with Gasteiger partial charge in [0.15, 0.2) is 0 Å². The summed E-state index contributed by atoms with van der Waals surface area (Å²) in [4.78, 5) is 16.4. The van der Waals surface area contributed by atoms with Crippen LogP contribution in [0.1, 0.15) is 23.0 Å². The molecule has 2 aromatic carbocycles. The fraction of sp³-hybridized carbons (Fsp3) is 0.158. The topological polar surface area (TPSA) is 39.2 Å². The van der Waals surface area contributed by atoms with Gasteiger partial charge in [0.1, 0.15) is 5.82 Å². The number of hydrogen-bond donors (Lipinski definition) is 0. The van der Waals surface area contributed by atoms with E-state index < -0.39 is 5.97 Å². The van der Waals surface area contributed by atoms with Crippen LogP contribution in [0.2, 0.25) is 5.02 Å². The Morgan fingerprint density at radius 3 is 2.71 bits per heavy atom. The van der Waals surface area contributed by atoms with E-state index in [4.69, 9.17) is 16.3 Å². The van der Waals surface area contributed by atoms with Gasteiger partial charge in [0.2, 0.25) is 0 Å². The van der Waals surface area contributed by atoms with E-state index >= 15 is 0 Å². The predicted octanol–water partition coefficient (Wildman–Crippen LogP) is 5.18. The summed E-state index contributed by atoms with van der Waals surface area (Å²) in [6.45, 7) is 3.79. The molecule has 0 radical (unpaired) electrons. The quantitative estimate of drug-likeness (QED) is 0.615. The van der Waals surface area contributed by atoms with Crippen molar-refractivity contribution in [2.45, 2.75) is 13.8 Å². The molecule has 1 aromatic heterocycles. The fourth-order valence-corrected chi connectivity index (χ4v) is 2.88. The molecule has 0 unspecified atom stereocenters. The van der Waals surface area contributed by atoms with E-state index in [2.05, 4.69) is 4.98 Å². The Morgan fingerprint density at radius 2 is 2.00 bits per heavy atom. The van der Waals surface area contributed by atoms with Crippen LogP contribution in [0, 0.1) is 12.7 Å². The van der Waals surface area contributed by atoms with Gasteiger partial charge < -0.3 is 4.74 Å². The van der Waals surface area contributed by atoms with Crippen molar-refractivity contribution in [3.05, 3.63) is 64.6 Å². The lowest BCUT2D eigenvalue weighted by Gasteiger charge is -2.13. The maximum atomic E-state index is 14.3. The first-order valence-corrected chi connectivity index (χ1v) is 7.92. The number of benzene rings is 2. The molecule has 24 heavy (non-hydrogen) atoms. The molecule has 0 aliphatic rings. The second-order valence-electron chi connectivity index (χ2n) is 5.32. The number of pyridine rings is 1. The van der Waals surface area contributed by atoms with Crippen LogP contribution >= 0.6 is 11.6 Å². The molecule has 3 aromatic rings. The summed E-state index contributed by atoms with van der Waals surface area (Å²) in [5, 5.41) is 0.981. The molecule has 0 aliphatic carbocycles. The first-order valence-electron chi connectivity index (χ1n) is 7.54. The lowest BCUT2D eigenvalue weighted by molar-refractivity contribution is 0.0526. The first-order chi connectivity index (χ1) is 11.5. The third-order valence-corrected chi connectivity index (χ3v) is 4.21. The molecule has 0 amide bonds. The first kappa shape index (κ1) is 16.4. The smallest absolute Gasteiger partial charge is 0.338 e. The molecule has 0 bridgehead atoms. The zero-order chi connectivity index (χ0) is 17.3. The lowest BCUT2D eigenvalue weighted by Crippen LogP contribution is -2.05. The number of esters is 1. The predicted molar refractivity (Wildman–Crippen MR) is 92.8 cm³/mol. The van der Waals surface area contributed by atoms with Crippen molar-refractivity contribution in [3.8, 4) is 11.1 Å². The molecule has 0 N–H and O–H groups in total. The van der Waals surface area contributed by atoms with Crippen molar-refractivity contribution in [2.75, 3.05) is 6.61 Å². The number of fused-ring (bicyclic) bond motifs is 1. The van der Waals surface area contributed by atoms with Gasteiger partial charge in [0, 0.05) is 16.5 Å². The number of hydrogen-bond acceptors (Lipinski definition) is 3. The van der Waals surface area contributed by atoms with Gasteiger partial charge in [-0.15, -0.1) is 0 Å². The summed E-state index contributed by atoms with van der Waals surface area (Å²) < 4.78 is 19.4. The summed E-state index contributed by atoms with van der Waals surface area (Å²) in [6.07, 6.45) is 0. The Balaban J connectivity index is 2.33. The minimum absolute atomic E-state index is 0.282. The average Bonchev–Trinajstić information content (AvgIpc) is 2.57. The Labute approximate surface area is 144 Å². The van der Waals surface area contributed by atoms with Gasteiger partial charge in [-0.25, -0.2) is 9.18 Å². The largest absolute Gasteiger partial charge is 0.462 e. The number of carbonyl (C=O) groups is 1. The number of nitrogens with zero attached hydrogens (tertiary/aromatic N) is 1. The van der Waals surface area contributed by atoms with Crippen molar-refractivity contribution < 1.29 is 13.9 Å². The van der Waals surface area contributed by atoms with Gasteiger partial charge in [0.05, 0.1) is 28.4 Å². The monoisotopic (exact) mass is 343 g/mol. The third-order valence-electron chi connectivity index (χ3n) is 3.75. The summed E-state index contributed by atoms with van der Waals surface area (Å²) >= 11 is 6.43. The number of ether oxygens (including phenoxy) is 1.